The third-order valence-corrected chi connectivity index (χ3v) is 4.80. The maximum atomic E-state index is 12.6. The quantitative estimate of drug-likeness (QED) is 0.748. The van der Waals surface area contributed by atoms with Crippen LogP contribution in [0.3, 0.4) is 0 Å². The summed E-state index contributed by atoms with van der Waals surface area (Å²) >= 11 is 0. The molecule has 2 aliphatic rings. The van der Waals surface area contributed by atoms with Gasteiger partial charge in [0.15, 0.2) is 0 Å². The Labute approximate surface area is 158 Å². The summed E-state index contributed by atoms with van der Waals surface area (Å²) < 4.78 is 5.41. The fraction of sp³-hybridized carbons (Fsp3) is 0.500. The highest BCUT2D eigenvalue weighted by Crippen LogP contribution is 2.34. The number of nitriles is 1. The number of imide groups is 1. The Kier molecular flexibility index (Phi) is 4.68. The number of amides is 3. The number of ether oxygens (including phenoxy) is 1. The van der Waals surface area contributed by atoms with Gasteiger partial charge in [0.25, 0.3) is 11.8 Å². The molecule has 1 unspecified atom stereocenters. The van der Waals surface area contributed by atoms with Crippen molar-refractivity contribution in [1.29, 1.82) is 5.26 Å². The van der Waals surface area contributed by atoms with E-state index in [9.17, 15) is 19.6 Å². The number of likely N-dealkylation sites (tertiary alicyclic amines) is 1. The van der Waals surface area contributed by atoms with Gasteiger partial charge in [0.1, 0.15) is 5.60 Å². The third kappa shape index (κ3) is 3.65. The minimum Gasteiger partial charge on any atom is -0.444 e. The molecule has 0 aliphatic carbocycles. The van der Waals surface area contributed by atoms with Gasteiger partial charge in [-0.2, -0.15) is 5.26 Å². The number of carbonyl (C=O) groups is 3. The molecule has 0 saturated carbocycles. The smallest absolute Gasteiger partial charge is 0.410 e. The second-order valence-corrected chi connectivity index (χ2v) is 8.14. The van der Waals surface area contributed by atoms with Crippen molar-refractivity contribution in [2.45, 2.75) is 39.2 Å². The Morgan fingerprint density at radius 2 is 1.81 bits per heavy atom. The number of rotatable bonds is 2. The topological polar surface area (TPSA) is 90.7 Å². The van der Waals surface area contributed by atoms with Gasteiger partial charge in [0.05, 0.1) is 22.6 Å². The maximum Gasteiger partial charge on any atom is 0.410 e. The summed E-state index contributed by atoms with van der Waals surface area (Å²) in [7, 11) is 0. The minimum atomic E-state index is -0.998. The van der Waals surface area contributed by atoms with Crippen LogP contribution in [0, 0.1) is 16.7 Å². The number of nitrogens with zero attached hydrogens (tertiary/aromatic N) is 3. The first kappa shape index (κ1) is 18.9. The molecule has 2 heterocycles. The average molecular weight is 369 g/mol. The lowest BCUT2D eigenvalue weighted by Gasteiger charge is -2.40. The lowest BCUT2D eigenvalue weighted by atomic mass is 9.81. The molecule has 0 spiro atoms. The predicted octanol–water partition coefficient (Wildman–Crippen LogP) is 2.82. The maximum absolute atomic E-state index is 12.6. The number of hydrogen-bond donors (Lipinski definition) is 0. The summed E-state index contributed by atoms with van der Waals surface area (Å²) in [6.45, 7) is 5.93. The standard InChI is InChI=1S/C20H23N3O4/c1-19(2,3)27-18(26)22-10-6-9-20(11-21,12-22)13-23-16(24)14-7-4-5-8-15(14)17(23)25/h4-5,7-8H,6,9-10,12-13H2,1-3H3. The lowest BCUT2D eigenvalue weighted by molar-refractivity contribution is 0.00819. The molecule has 7 nitrogen and oxygen atoms in total. The highest BCUT2D eigenvalue weighted by Gasteiger charge is 2.45. The molecule has 142 valence electrons. The van der Waals surface area contributed by atoms with E-state index in [4.69, 9.17) is 4.74 Å². The lowest BCUT2D eigenvalue weighted by Crippen LogP contribution is -2.52. The van der Waals surface area contributed by atoms with Crippen LogP contribution in [0.25, 0.3) is 0 Å². The van der Waals surface area contributed by atoms with E-state index in [-0.39, 0.29) is 24.9 Å². The number of hydrogen-bond acceptors (Lipinski definition) is 5. The largest absolute Gasteiger partial charge is 0.444 e. The van der Waals surface area contributed by atoms with Gasteiger partial charge in [-0.1, -0.05) is 12.1 Å². The number of carbonyl (C=O) groups excluding carboxylic acids is 3. The molecule has 0 bridgehead atoms. The molecule has 3 rings (SSSR count). The van der Waals surface area contributed by atoms with E-state index >= 15 is 0 Å². The molecule has 0 N–H and O–H groups in total. The van der Waals surface area contributed by atoms with E-state index in [1.54, 1.807) is 45.0 Å². The van der Waals surface area contributed by atoms with E-state index in [1.807, 2.05) is 0 Å². The van der Waals surface area contributed by atoms with Crippen LogP contribution in [0.2, 0.25) is 0 Å². The van der Waals surface area contributed by atoms with E-state index in [0.29, 0.717) is 30.5 Å². The zero-order chi connectivity index (χ0) is 19.8. The van der Waals surface area contributed by atoms with Gasteiger partial charge in [-0.05, 0) is 45.7 Å². The average Bonchev–Trinajstić information content (AvgIpc) is 2.86. The van der Waals surface area contributed by atoms with Crippen LogP contribution < -0.4 is 0 Å². The first-order valence-corrected chi connectivity index (χ1v) is 9.00. The molecule has 3 amide bonds. The first-order chi connectivity index (χ1) is 12.7. The summed E-state index contributed by atoms with van der Waals surface area (Å²) in [5, 5.41) is 9.85. The highest BCUT2D eigenvalue weighted by atomic mass is 16.6. The number of piperidine rings is 1. The van der Waals surface area contributed by atoms with Gasteiger partial charge < -0.3 is 9.64 Å². The minimum absolute atomic E-state index is 0.0326. The van der Waals surface area contributed by atoms with Crippen LogP contribution in [-0.2, 0) is 4.74 Å². The molecule has 1 aromatic rings. The molecule has 1 fully saturated rings. The van der Waals surface area contributed by atoms with Crippen molar-refractivity contribution in [2.24, 2.45) is 5.41 Å². The van der Waals surface area contributed by atoms with Crippen molar-refractivity contribution in [2.75, 3.05) is 19.6 Å². The Morgan fingerprint density at radius 1 is 1.22 bits per heavy atom. The number of benzene rings is 1. The van der Waals surface area contributed by atoms with Gasteiger partial charge in [-0.15, -0.1) is 0 Å². The fourth-order valence-corrected chi connectivity index (χ4v) is 3.56. The van der Waals surface area contributed by atoms with Crippen LogP contribution >= 0.6 is 0 Å². The Balaban J connectivity index is 1.79. The monoisotopic (exact) mass is 369 g/mol. The third-order valence-electron chi connectivity index (χ3n) is 4.80. The Morgan fingerprint density at radius 3 is 2.33 bits per heavy atom. The zero-order valence-electron chi connectivity index (χ0n) is 15.8. The number of fused-ring (bicyclic) bond motifs is 1. The second kappa shape index (κ2) is 6.69. The molecule has 0 radical (unpaired) electrons. The van der Waals surface area contributed by atoms with Crippen molar-refractivity contribution in [3.63, 3.8) is 0 Å². The summed E-state index contributed by atoms with van der Waals surface area (Å²) in [5.41, 5.74) is -0.916. The summed E-state index contributed by atoms with van der Waals surface area (Å²) in [6, 6.07) is 8.91. The van der Waals surface area contributed by atoms with E-state index in [0.717, 1.165) is 4.90 Å². The van der Waals surface area contributed by atoms with Crippen molar-refractivity contribution >= 4 is 17.9 Å². The van der Waals surface area contributed by atoms with Crippen molar-refractivity contribution < 1.29 is 19.1 Å². The molecule has 1 aromatic carbocycles. The van der Waals surface area contributed by atoms with Crippen molar-refractivity contribution in [3.8, 4) is 6.07 Å². The van der Waals surface area contributed by atoms with E-state index in [2.05, 4.69) is 6.07 Å². The van der Waals surface area contributed by atoms with Crippen LogP contribution in [0.15, 0.2) is 24.3 Å². The second-order valence-electron chi connectivity index (χ2n) is 8.14. The summed E-state index contributed by atoms with van der Waals surface area (Å²) in [4.78, 5) is 40.3. The normalized spacial score (nSPS) is 22.4. The molecule has 2 aliphatic heterocycles. The van der Waals surface area contributed by atoms with Crippen LogP contribution in [0.5, 0.6) is 0 Å². The first-order valence-electron chi connectivity index (χ1n) is 9.00. The van der Waals surface area contributed by atoms with Gasteiger partial charge in [-0.3, -0.25) is 14.5 Å². The van der Waals surface area contributed by atoms with Crippen molar-refractivity contribution in [3.05, 3.63) is 35.4 Å². The molecule has 7 heteroatoms. The van der Waals surface area contributed by atoms with Crippen LogP contribution in [0.1, 0.15) is 54.3 Å². The van der Waals surface area contributed by atoms with Gasteiger partial charge >= 0.3 is 6.09 Å². The van der Waals surface area contributed by atoms with E-state index in [1.165, 1.54) is 4.90 Å². The van der Waals surface area contributed by atoms with Crippen molar-refractivity contribution in [1.82, 2.24) is 9.80 Å². The van der Waals surface area contributed by atoms with Crippen LogP contribution in [0.4, 0.5) is 4.79 Å². The van der Waals surface area contributed by atoms with Gasteiger partial charge in [0, 0.05) is 19.6 Å². The predicted molar refractivity (Wildman–Crippen MR) is 96.9 cm³/mol. The van der Waals surface area contributed by atoms with Gasteiger partial charge in [0.2, 0.25) is 0 Å². The fourth-order valence-electron chi connectivity index (χ4n) is 3.56. The Hall–Kier alpha value is -2.88. The molecular weight excluding hydrogens is 346 g/mol. The Bertz CT molecular complexity index is 801. The molecular formula is C20H23N3O4. The summed E-state index contributed by atoms with van der Waals surface area (Å²) in [5.74, 6) is -0.778. The summed E-state index contributed by atoms with van der Waals surface area (Å²) in [6.07, 6.45) is 0.635. The van der Waals surface area contributed by atoms with Crippen LogP contribution in [-0.4, -0.2) is 52.9 Å². The zero-order valence-corrected chi connectivity index (χ0v) is 15.8. The SMILES string of the molecule is CC(C)(C)OC(=O)N1CCCC(C#N)(CN2C(=O)c3ccccc3C2=O)C1. The van der Waals surface area contributed by atoms with Gasteiger partial charge in [-0.25, -0.2) is 4.79 Å². The molecule has 1 atom stereocenters. The highest BCUT2D eigenvalue weighted by molar-refractivity contribution is 6.21. The molecule has 1 saturated heterocycles. The molecule has 27 heavy (non-hydrogen) atoms. The van der Waals surface area contributed by atoms with E-state index < -0.39 is 17.1 Å². The molecule has 0 aromatic heterocycles.